The van der Waals surface area contributed by atoms with E-state index in [0.717, 1.165) is 61.1 Å². The van der Waals surface area contributed by atoms with Gasteiger partial charge in [-0.15, -0.1) is 35.3 Å². The number of aromatic nitrogens is 1. The number of thiazole rings is 1. The minimum Gasteiger partial charge on any atom is -0.357 e. The van der Waals surface area contributed by atoms with E-state index in [2.05, 4.69) is 41.5 Å². The minimum atomic E-state index is 0. The van der Waals surface area contributed by atoms with Crippen molar-refractivity contribution in [2.45, 2.75) is 58.5 Å². The number of nitrogens with one attached hydrogen (secondary N) is 2. The molecule has 8 heteroatoms. The highest BCUT2D eigenvalue weighted by Crippen LogP contribution is 2.29. The Bertz CT molecular complexity index is 910. The minimum absolute atomic E-state index is 0. The second-order valence-corrected chi connectivity index (χ2v) is 9.57. The highest BCUT2D eigenvalue weighted by molar-refractivity contribution is 14.0. The van der Waals surface area contributed by atoms with Gasteiger partial charge in [0.15, 0.2) is 5.96 Å². The molecular weight excluding hydrogens is 533 g/mol. The van der Waals surface area contributed by atoms with Crippen LogP contribution in [-0.4, -0.2) is 47.4 Å². The summed E-state index contributed by atoms with van der Waals surface area (Å²) in [7, 11) is 0. The molecule has 0 radical (unpaired) electrons. The summed E-state index contributed by atoms with van der Waals surface area (Å²) >= 11 is 1.71. The zero-order valence-electron chi connectivity index (χ0n) is 19.0. The molecule has 0 bridgehead atoms. The summed E-state index contributed by atoms with van der Waals surface area (Å²) in [6, 6.07) is 10.5. The molecule has 1 aliphatic carbocycles. The van der Waals surface area contributed by atoms with Crippen molar-refractivity contribution >= 4 is 47.2 Å². The van der Waals surface area contributed by atoms with Gasteiger partial charge in [-0.3, -0.25) is 4.79 Å². The first-order valence-corrected chi connectivity index (χ1v) is 12.3. The quantitative estimate of drug-likeness (QED) is 0.305. The van der Waals surface area contributed by atoms with Gasteiger partial charge in [0.25, 0.3) is 0 Å². The maximum absolute atomic E-state index is 12.7. The number of hydrogen-bond acceptors (Lipinski definition) is 4. The summed E-state index contributed by atoms with van der Waals surface area (Å²) in [6.07, 6.45) is 5.51. The van der Waals surface area contributed by atoms with Gasteiger partial charge in [0.05, 0.1) is 12.2 Å². The van der Waals surface area contributed by atoms with Gasteiger partial charge in [-0.2, -0.15) is 0 Å². The fraction of sp³-hybridized carbons (Fsp3) is 0.542. The van der Waals surface area contributed by atoms with E-state index in [1.54, 1.807) is 11.3 Å². The molecule has 1 aromatic carbocycles. The number of halogens is 1. The third-order valence-electron chi connectivity index (χ3n) is 6.18. The van der Waals surface area contributed by atoms with E-state index in [0.29, 0.717) is 12.5 Å². The van der Waals surface area contributed by atoms with Crippen molar-refractivity contribution < 1.29 is 4.79 Å². The second kappa shape index (κ2) is 12.0. The SMILES string of the molecule is CCNC(=NCc1sc(-c2ccccc2)nc1C)NC1CCN(C(=O)C2CCCC2)C1.I. The fourth-order valence-electron chi connectivity index (χ4n) is 4.45. The van der Waals surface area contributed by atoms with Crippen molar-refractivity contribution in [1.29, 1.82) is 0 Å². The van der Waals surface area contributed by atoms with E-state index in [9.17, 15) is 4.79 Å². The first-order chi connectivity index (χ1) is 15.1. The predicted octanol–water partition coefficient (Wildman–Crippen LogP) is 4.58. The Morgan fingerprint density at radius 3 is 2.69 bits per heavy atom. The molecule has 2 N–H and O–H groups in total. The van der Waals surface area contributed by atoms with Crippen LogP contribution in [0.25, 0.3) is 10.6 Å². The Kier molecular flexibility index (Phi) is 9.34. The van der Waals surface area contributed by atoms with Crippen molar-refractivity contribution in [2.75, 3.05) is 19.6 Å². The predicted molar refractivity (Wildman–Crippen MR) is 143 cm³/mol. The van der Waals surface area contributed by atoms with Gasteiger partial charge >= 0.3 is 0 Å². The molecule has 2 fully saturated rings. The van der Waals surface area contributed by atoms with Gasteiger partial charge in [-0.05, 0) is 33.1 Å². The van der Waals surface area contributed by atoms with Gasteiger partial charge in [-0.25, -0.2) is 9.98 Å². The van der Waals surface area contributed by atoms with Crippen LogP contribution in [-0.2, 0) is 11.3 Å². The number of carbonyl (C=O) groups excluding carboxylic acids is 1. The van der Waals surface area contributed by atoms with Gasteiger partial charge in [0, 0.05) is 42.0 Å². The third kappa shape index (κ3) is 6.21. The Morgan fingerprint density at radius 2 is 1.97 bits per heavy atom. The molecule has 2 aliphatic rings. The monoisotopic (exact) mass is 567 g/mol. The topological polar surface area (TPSA) is 69.6 Å². The average molecular weight is 568 g/mol. The van der Waals surface area contributed by atoms with Gasteiger partial charge in [-0.1, -0.05) is 43.2 Å². The lowest BCUT2D eigenvalue weighted by atomic mass is 10.1. The average Bonchev–Trinajstić information content (AvgIpc) is 3.54. The molecule has 1 aromatic heterocycles. The molecule has 6 nitrogen and oxygen atoms in total. The van der Waals surface area contributed by atoms with Crippen LogP contribution in [0, 0.1) is 12.8 Å². The van der Waals surface area contributed by atoms with Crippen LogP contribution in [0.4, 0.5) is 0 Å². The normalized spacial score (nSPS) is 19.1. The molecule has 1 aliphatic heterocycles. The number of amides is 1. The first-order valence-electron chi connectivity index (χ1n) is 11.5. The summed E-state index contributed by atoms with van der Waals surface area (Å²) in [4.78, 5) is 25.5. The van der Waals surface area contributed by atoms with Crippen LogP contribution in [0.3, 0.4) is 0 Å². The Hall–Kier alpha value is -1.68. The molecule has 4 rings (SSSR count). The number of benzene rings is 1. The van der Waals surface area contributed by atoms with Crippen molar-refractivity contribution in [3.8, 4) is 10.6 Å². The molecule has 0 spiro atoms. The number of carbonyl (C=O) groups is 1. The second-order valence-electron chi connectivity index (χ2n) is 8.48. The Balaban J connectivity index is 0.00000289. The van der Waals surface area contributed by atoms with E-state index in [1.807, 2.05) is 18.2 Å². The molecular formula is C24H34IN5OS. The highest BCUT2D eigenvalue weighted by Gasteiger charge is 2.32. The summed E-state index contributed by atoms with van der Waals surface area (Å²) in [5.41, 5.74) is 2.19. The zero-order chi connectivity index (χ0) is 21.6. The maximum atomic E-state index is 12.7. The first kappa shape index (κ1) is 25.0. The maximum Gasteiger partial charge on any atom is 0.225 e. The van der Waals surface area contributed by atoms with Gasteiger partial charge < -0.3 is 15.5 Å². The summed E-state index contributed by atoms with van der Waals surface area (Å²) in [6.45, 7) is 7.16. The molecule has 32 heavy (non-hydrogen) atoms. The smallest absolute Gasteiger partial charge is 0.225 e. The number of hydrogen-bond donors (Lipinski definition) is 2. The molecule has 1 saturated heterocycles. The standard InChI is InChI=1S/C24H33N5OS.HI/c1-3-25-24(28-20-13-14-29(16-20)23(30)19-11-7-8-12-19)26-15-21-17(2)27-22(31-21)18-9-5-4-6-10-18;/h4-6,9-10,19-20H,3,7-8,11-16H2,1-2H3,(H2,25,26,28);1H. The summed E-state index contributed by atoms with van der Waals surface area (Å²) < 4.78 is 0. The number of aliphatic imine (C=N–C) groups is 1. The van der Waals surface area contributed by atoms with Crippen molar-refractivity contribution in [1.82, 2.24) is 20.5 Å². The lowest BCUT2D eigenvalue weighted by Crippen LogP contribution is -2.45. The van der Waals surface area contributed by atoms with E-state index in [-0.39, 0.29) is 35.9 Å². The Labute approximate surface area is 212 Å². The van der Waals surface area contributed by atoms with E-state index < -0.39 is 0 Å². The highest BCUT2D eigenvalue weighted by atomic mass is 127. The Morgan fingerprint density at radius 1 is 1.22 bits per heavy atom. The van der Waals surface area contributed by atoms with Crippen LogP contribution in [0.5, 0.6) is 0 Å². The summed E-state index contributed by atoms with van der Waals surface area (Å²) in [5.74, 6) is 1.43. The number of likely N-dealkylation sites (tertiary alicyclic amines) is 1. The van der Waals surface area contributed by atoms with Gasteiger partial charge in [0.2, 0.25) is 5.91 Å². The van der Waals surface area contributed by atoms with Crippen LogP contribution in [0.1, 0.15) is 49.6 Å². The molecule has 1 saturated carbocycles. The molecule has 1 amide bonds. The molecule has 2 aromatic rings. The fourth-order valence-corrected chi connectivity index (χ4v) is 5.44. The van der Waals surface area contributed by atoms with Crippen LogP contribution >= 0.6 is 35.3 Å². The summed E-state index contributed by atoms with van der Waals surface area (Å²) in [5, 5.41) is 7.95. The molecule has 174 valence electrons. The largest absolute Gasteiger partial charge is 0.357 e. The number of guanidine groups is 1. The van der Waals surface area contributed by atoms with E-state index >= 15 is 0 Å². The van der Waals surface area contributed by atoms with Crippen LogP contribution in [0.2, 0.25) is 0 Å². The van der Waals surface area contributed by atoms with E-state index in [1.165, 1.54) is 17.7 Å². The lowest BCUT2D eigenvalue weighted by Gasteiger charge is -2.21. The number of aryl methyl sites for hydroxylation is 1. The lowest BCUT2D eigenvalue weighted by molar-refractivity contribution is -0.134. The zero-order valence-corrected chi connectivity index (χ0v) is 22.1. The molecule has 1 unspecified atom stereocenters. The molecule has 2 heterocycles. The third-order valence-corrected chi connectivity index (χ3v) is 7.37. The van der Waals surface area contributed by atoms with Crippen LogP contribution < -0.4 is 10.6 Å². The molecule has 1 atom stereocenters. The van der Waals surface area contributed by atoms with Gasteiger partial charge in [0.1, 0.15) is 5.01 Å². The number of rotatable bonds is 6. The van der Waals surface area contributed by atoms with Crippen LogP contribution in [0.15, 0.2) is 35.3 Å². The van der Waals surface area contributed by atoms with E-state index in [4.69, 9.17) is 9.98 Å². The number of nitrogens with zero attached hydrogens (tertiary/aromatic N) is 3. The van der Waals surface area contributed by atoms with Crippen molar-refractivity contribution in [2.24, 2.45) is 10.9 Å². The van der Waals surface area contributed by atoms with Crippen molar-refractivity contribution in [3.05, 3.63) is 40.9 Å². The van der Waals surface area contributed by atoms with Crippen molar-refractivity contribution in [3.63, 3.8) is 0 Å².